The van der Waals surface area contributed by atoms with E-state index in [1.165, 1.54) is 11.3 Å². The highest BCUT2D eigenvalue weighted by Gasteiger charge is 2.18. The molecule has 0 aliphatic carbocycles. The summed E-state index contributed by atoms with van der Waals surface area (Å²) in [6.45, 7) is 6.30. The van der Waals surface area contributed by atoms with Crippen molar-refractivity contribution < 1.29 is 0 Å². The Kier molecular flexibility index (Phi) is 4.16. The summed E-state index contributed by atoms with van der Waals surface area (Å²) >= 11 is 0. The van der Waals surface area contributed by atoms with Crippen LogP contribution in [-0.2, 0) is 6.54 Å². The zero-order valence-corrected chi connectivity index (χ0v) is 15.6. The molecule has 0 N–H and O–H groups in total. The molecule has 0 saturated carbocycles. The lowest BCUT2D eigenvalue weighted by Gasteiger charge is -2.11. The Morgan fingerprint density at radius 1 is 1.08 bits per heavy atom. The van der Waals surface area contributed by atoms with E-state index in [1.807, 2.05) is 12.1 Å². The van der Waals surface area contributed by atoms with Gasteiger partial charge in [0.25, 0.3) is 0 Å². The smallest absolute Gasteiger partial charge is 0.182 e. The van der Waals surface area contributed by atoms with Crippen LogP contribution in [0.1, 0.15) is 17.7 Å². The summed E-state index contributed by atoms with van der Waals surface area (Å²) in [5.41, 5.74) is 5.26. The van der Waals surface area contributed by atoms with Crippen LogP contribution in [0.4, 0.5) is 0 Å². The Bertz CT molecular complexity index is 1060. The van der Waals surface area contributed by atoms with Crippen molar-refractivity contribution in [2.75, 3.05) is 20.6 Å². The molecule has 134 valence electrons. The van der Waals surface area contributed by atoms with Crippen molar-refractivity contribution in [3.05, 3.63) is 42.1 Å². The van der Waals surface area contributed by atoms with Crippen molar-refractivity contribution in [2.24, 2.45) is 0 Å². The van der Waals surface area contributed by atoms with Crippen molar-refractivity contribution in [2.45, 2.75) is 26.8 Å². The molecular formula is C19H23N7. The van der Waals surface area contributed by atoms with Crippen LogP contribution in [0.15, 0.2) is 30.9 Å². The van der Waals surface area contributed by atoms with Crippen LogP contribution >= 0.6 is 0 Å². The summed E-state index contributed by atoms with van der Waals surface area (Å²) < 4.78 is 4.07. The molecule has 26 heavy (non-hydrogen) atoms. The van der Waals surface area contributed by atoms with Gasteiger partial charge in [0, 0.05) is 30.2 Å². The Morgan fingerprint density at radius 3 is 2.58 bits per heavy atom. The van der Waals surface area contributed by atoms with Gasteiger partial charge in [-0.25, -0.2) is 14.5 Å². The first kappa shape index (κ1) is 16.7. The van der Waals surface area contributed by atoms with E-state index in [2.05, 4.69) is 47.5 Å². The molecular weight excluding hydrogens is 326 g/mol. The SMILES string of the molecule is Cc1c(C)n(CCCN(C)C)c2ncn3nc(-c4ccncc4)nc3c12. The third-order valence-corrected chi connectivity index (χ3v) is 4.87. The lowest BCUT2D eigenvalue weighted by atomic mass is 10.2. The van der Waals surface area contributed by atoms with Crippen molar-refractivity contribution in [1.29, 1.82) is 0 Å². The van der Waals surface area contributed by atoms with Crippen molar-refractivity contribution in [3.8, 4) is 11.4 Å². The number of rotatable bonds is 5. The molecule has 7 heteroatoms. The third kappa shape index (κ3) is 2.74. The minimum atomic E-state index is 0.694. The van der Waals surface area contributed by atoms with Crippen molar-refractivity contribution >= 4 is 16.7 Å². The Hall–Kier alpha value is -2.80. The number of aryl methyl sites for hydroxylation is 2. The molecule has 0 bridgehead atoms. The van der Waals surface area contributed by atoms with E-state index in [9.17, 15) is 0 Å². The maximum atomic E-state index is 4.80. The quantitative estimate of drug-likeness (QED) is 0.554. The summed E-state index contributed by atoms with van der Waals surface area (Å²) in [6.07, 6.45) is 6.35. The molecule has 0 radical (unpaired) electrons. The third-order valence-electron chi connectivity index (χ3n) is 4.87. The van der Waals surface area contributed by atoms with Gasteiger partial charge in [0.05, 0.1) is 5.39 Å². The normalized spacial score (nSPS) is 11.9. The van der Waals surface area contributed by atoms with Crippen LogP contribution in [0.3, 0.4) is 0 Å². The summed E-state index contributed by atoms with van der Waals surface area (Å²) in [5.74, 6) is 0.694. The summed E-state index contributed by atoms with van der Waals surface area (Å²) in [4.78, 5) is 15.8. The Labute approximate surface area is 152 Å². The fraction of sp³-hybridized carbons (Fsp3) is 0.368. The molecule has 0 aliphatic rings. The number of aromatic nitrogens is 6. The van der Waals surface area contributed by atoms with E-state index in [0.717, 1.165) is 41.8 Å². The molecule has 0 unspecified atom stereocenters. The maximum absolute atomic E-state index is 4.80. The van der Waals surface area contributed by atoms with E-state index in [-0.39, 0.29) is 0 Å². The molecule has 0 saturated heterocycles. The highest BCUT2D eigenvalue weighted by atomic mass is 15.3. The number of nitrogens with zero attached hydrogens (tertiary/aromatic N) is 7. The van der Waals surface area contributed by atoms with E-state index >= 15 is 0 Å². The average molecular weight is 349 g/mol. The minimum absolute atomic E-state index is 0.694. The van der Waals surface area contributed by atoms with Crippen molar-refractivity contribution in [3.63, 3.8) is 0 Å². The standard InChI is InChI=1S/C19H23N7/c1-13-14(2)25(11-5-10-24(3)4)18-16(13)19-22-17(23-26(19)12-21-18)15-6-8-20-9-7-15/h6-9,12H,5,10-11H2,1-4H3. The van der Waals surface area contributed by atoms with Crippen LogP contribution in [0.5, 0.6) is 0 Å². The molecule has 4 rings (SSSR count). The minimum Gasteiger partial charge on any atom is -0.329 e. The summed E-state index contributed by atoms with van der Waals surface area (Å²) in [7, 11) is 4.20. The average Bonchev–Trinajstić information content (AvgIpc) is 3.17. The van der Waals surface area contributed by atoms with E-state index in [4.69, 9.17) is 9.97 Å². The first-order valence-corrected chi connectivity index (χ1v) is 8.82. The zero-order valence-electron chi connectivity index (χ0n) is 15.6. The maximum Gasteiger partial charge on any atom is 0.182 e. The Morgan fingerprint density at radius 2 is 1.85 bits per heavy atom. The lowest BCUT2D eigenvalue weighted by Crippen LogP contribution is -2.15. The second-order valence-electron chi connectivity index (χ2n) is 6.90. The van der Waals surface area contributed by atoms with Gasteiger partial charge >= 0.3 is 0 Å². The molecule has 0 amide bonds. The molecule has 0 atom stereocenters. The molecule has 7 nitrogen and oxygen atoms in total. The number of fused-ring (bicyclic) bond motifs is 3. The second kappa shape index (κ2) is 6.49. The van der Waals surface area contributed by atoms with Crippen LogP contribution in [0, 0.1) is 13.8 Å². The first-order chi connectivity index (χ1) is 12.6. The monoisotopic (exact) mass is 349 g/mol. The molecule has 0 fully saturated rings. The van der Waals surface area contributed by atoms with Gasteiger partial charge in [-0.1, -0.05) is 0 Å². The molecule has 0 aliphatic heterocycles. The van der Waals surface area contributed by atoms with Crippen LogP contribution in [-0.4, -0.2) is 54.7 Å². The predicted molar refractivity (Wildman–Crippen MR) is 102 cm³/mol. The summed E-state index contributed by atoms with van der Waals surface area (Å²) in [6, 6.07) is 3.84. The fourth-order valence-corrected chi connectivity index (χ4v) is 3.37. The molecule has 4 aromatic heterocycles. The number of hydrogen-bond donors (Lipinski definition) is 0. The Balaban J connectivity index is 1.84. The van der Waals surface area contributed by atoms with Crippen LogP contribution < -0.4 is 0 Å². The topological polar surface area (TPSA) is 64.1 Å². The fourth-order valence-electron chi connectivity index (χ4n) is 3.37. The zero-order chi connectivity index (χ0) is 18.3. The van der Waals surface area contributed by atoms with Gasteiger partial charge in [0.15, 0.2) is 11.5 Å². The van der Waals surface area contributed by atoms with Crippen LogP contribution in [0.25, 0.3) is 28.1 Å². The second-order valence-corrected chi connectivity index (χ2v) is 6.90. The number of hydrogen-bond acceptors (Lipinski definition) is 5. The van der Waals surface area contributed by atoms with E-state index in [1.54, 1.807) is 23.2 Å². The number of pyridine rings is 1. The first-order valence-electron chi connectivity index (χ1n) is 8.82. The van der Waals surface area contributed by atoms with Gasteiger partial charge in [0.2, 0.25) is 0 Å². The lowest BCUT2D eigenvalue weighted by molar-refractivity contribution is 0.387. The molecule has 4 aromatic rings. The van der Waals surface area contributed by atoms with Crippen molar-refractivity contribution in [1.82, 2.24) is 34.0 Å². The van der Waals surface area contributed by atoms with Gasteiger partial charge in [-0.05, 0) is 58.6 Å². The molecule has 0 aromatic carbocycles. The molecule has 4 heterocycles. The van der Waals surface area contributed by atoms with Gasteiger partial charge < -0.3 is 9.47 Å². The largest absolute Gasteiger partial charge is 0.329 e. The van der Waals surface area contributed by atoms with E-state index < -0.39 is 0 Å². The van der Waals surface area contributed by atoms with Gasteiger partial charge in [-0.15, -0.1) is 5.10 Å². The van der Waals surface area contributed by atoms with Gasteiger partial charge in [-0.2, -0.15) is 0 Å². The molecule has 0 spiro atoms. The van der Waals surface area contributed by atoms with Crippen LogP contribution in [0.2, 0.25) is 0 Å². The van der Waals surface area contributed by atoms with E-state index in [0.29, 0.717) is 5.82 Å². The predicted octanol–water partition coefficient (Wildman–Crippen LogP) is 2.71. The van der Waals surface area contributed by atoms with Gasteiger partial charge in [-0.3, -0.25) is 4.98 Å². The highest BCUT2D eigenvalue weighted by Crippen LogP contribution is 2.28. The van der Waals surface area contributed by atoms with Gasteiger partial charge in [0.1, 0.15) is 12.0 Å². The highest BCUT2D eigenvalue weighted by molar-refractivity contribution is 5.94. The summed E-state index contributed by atoms with van der Waals surface area (Å²) in [5, 5.41) is 5.68.